The first-order valence-electron chi connectivity index (χ1n) is 3.82. The van der Waals surface area contributed by atoms with Gasteiger partial charge in [0.05, 0.1) is 0 Å². The molecule has 0 bridgehead atoms. The van der Waals surface area contributed by atoms with Crippen LogP contribution in [0.15, 0.2) is 34.7 Å². The molecule has 2 rings (SSSR count). The van der Waals surface area contributed by atoms with Crippen molar-refractivity contribution >= 4 is 17.0 Å². The highest BCUT2D eigenvalue weighted by atomic mass is 16.5. The summed E-state index contributed by atoms with van der Waals surface area (Å²) in [4.78, 5) is 9.00. The highest BCUT2D eigenvalue weighted by molar-refractivity contribution is 5.78. The van der Waals surface area contributed by atoms with Gasteiger partial charge >= 0.3 is 6.03 Å². The second-order valence-electron chi connectivity index (χ2n) is 2.52. The maximum atomic E-state index is 9.00. The largest absolute Gasteiger partial charge is 0.481 e. The van der Waals surface area contributed by atoms with E-state index in [-0.39, 0.29) is 5.95 Å². The predicted octanol–water partition coefficient (Wildman–Crippen LogP) is 1.16. The molecule has 0 fully saturated rings. The summed E-state index contributed by atoms with van der Waals surface area (Å²) < 4.78 is 4.92. The quantitative estimate of drug-likeness (QED) is 0.586. The Labute approximate surface area is 79.9 Å². The molecule has 1 heterocycles. The van der Waals surface area contributed by atoms with Gasteiger partial charge in [0, 0.05) is 11.5 Å². The van der Waals surface area contributed by atoms with Crippen molar-refractivity contribution in [3.05, 3.63) is 30.3 Å². The zero-order valence-corrected chi connectivity index (χ0v) is 7.31. The molecule has 2 amide bonds. The van der Waals surface area contributed by atoms with Crippen molar-refractivity contribution in [2.24, 2.45) is 11.5 Å². The van der Waals surface area contributed by atoms with Crippen molar-refractivity contribution in [1.29, 1.82) is 0 Å². The number of primary amides is 2. The van der Waals surface area contributed by atoms with Gasteiger partial charge in [0.15, 0.2) is 0 Å². The number of hydrogen-bond donors (Lipinski definition) is 3. The van der Waals surface area contributed by atoms with Gasteiger partial charge in [-0.2, -0.15) is 0 Å². The summed E-state index contributed by atoms with van der Waals surface area (Å²) in [6.45, 7) is 0. The Kier molecular flexibility index (Phi) is 2.96. The number of amides is 2. The lowest BCUT2D eigenvalue weighted by molar-refractivity contribution is 0.256. The van der Waals surface area contributed by atoms with E-state index in [1.165, 1.54) is 0 Å². The number of carbonyl (C=O) groups excluding carboxylic acids is 1. The van der Waals surface area contributed by atoms with Gasteiger partial charge in [-0.05, 0) is 6.07 Å². The average Bonchev–Trinajstić information content (AvgIpc) is 2.42. The Morgan fingerprint density at radius 2 is 1.86 bits per heavy atom. The van der Waals surface area contributed by atoms with Crippen molar-refractivity contribution in [1.82, 2.24) is 0 Å². The lowest BCUT2D eigenvalue weighted by Crippen LogP contribution is -2.18. The fourth-order valence-electron chi connectivity index (χ4n) is 0.968. The molecule has 0 aliphatic rings. The van der Waals surface area contributed by atoms with Crippen LogP contribution < -0.4 is 11.5 Å². The standard InChI is InChI=1S/C8H6O2.CH4N2O/c9-8-5-6-3-1-2-4-7(6)10-8;2-1(3)4/h1-5,9H;(H4,2,3,4). The average molecular weight is 194 g/mol. The van der Waals surface area contributed by atoms with E-state index < -0.39 is 6.03 Å². The summed E-state index contributed by atoms with van der Waals surface area (Å²) in [7, 11) is 0. The summed E-state index contributed by atoms with van der Waals surface area (Å²) in [5.74, 6) is -0.0267. The molecule has 74 valence electrons. The van der Waals surface area contributed by atoms with Crippen LogP contribution in [0.25, 0.3) is 11.0 Å². The molecule has 0 spiro atoms. The van der Waals surface area contributed by atoms with E-state index in [0.717, 1.165) is 11.0 Å². The van der Waals surface area contributed by atoms with E-state index in [0.29, 0.717) is 0 Å². The minimum atomic E-state index is -0.833. The van der Waals surface area contributed by atoms with E-state index in [4.69, 9.17) is 14.3 Å². The van der Waals surface area contributed by atoms with Crippen LogP contribution in [0.5, 0.6) is 5.95 Å². The minimum absolute atomic E-state index is 0.0267. The monoisotopic (exact) mass is 194 g/mol. The van der Waals surface area contributed by atoms with E-state index in [1.54, 1.807) is 6.07 Å². The van der Waals surface area contributed by atoms with Gasteiger partial charge < -0.3 is 21.0 Å². The number of aromatic hydroxyl groups is 1. The molecular formula is C9H10N2O3. The van der Waals surface area contributed by atoms with E-state index in [1.807, 2.05) is 24.3 Å². The normalized spacial score (nSPS) is 9.14. The number of carbonyl (C=O) groups is 1. The highest BCUT2D eigenvalue weighted by Crippen LogP contribution is 2.22. The Hall–Kier alpha value is -2.17. The maximum Gasteiger partial charge on any atom is 0.309 e. The summed E-state index contributed by atoms with van der Waals surface area (Å²) in [6, 6.07) is 8.23. The number of furan rings is 1. The molecule has 0 unspecified atom stereocenters. The first kappa shape index (κ1) is 9.91. The predicted molar refractivity (Wildman–Crippen MR) is 51.6 cm³/mol. The lowest BCUT2D eigenvalue weighted by Gasteiger charge is -1.81. The molecular weight excluding hydrogens is 184 g/mol. The Balaban J connectivity index is 0.000000213. The van der Waals surface area contributed by atoms with Gasteiger partial charge in [-0.1, -0.05) is 18.2 Å². The van der Waals surface area contributed by atoms with Gasteiger partial charge in [0.2, 0.25) is 0 Å². The van der Waals surface area contributed by atoms with Gasteiger partial charge in [-0.3, -0.25) is 0 Å². The summed E-state index contributed by atoms with van der Waals surface area (Å²) >= 11 is 0. The molecule has 14 heavy (non-hydrogen) atoms. The zero-order chi connectivity index (χ0) is 10.6. The van der Waals surface area contributed by atoms with Crippen LogP contribution in [0.1, 0.15) is 0 Å². The van der Waals surface area contributed by atoms with E-state index >= 15 is 0 Å². The molecule has 0 saturated carbocycles. The molecule has 0 saturated heterocycles. The number of rotatable bonds is 0. The van der Waals surface area contributed by atoms with Crippen LogP contribution in [0.2, 0.25) is 0 Å². The third-order valence-electron chi connectivity index (χ3n) is 1.41. The van der Waals surface area contributed by atoms with Crippen LogP contribution in [0.3, 0.4) is 0 Å². The molecule has 0 atom stereocenters. The van der Waals surface area contributed by atoms with Gasteiger partial charge in [-0.15, -0.1) is 0 Å². The number of nitrogens with two attached hydrogens (primary N) is 2. The van der Waals surface area contributed by atoms with E-state index in [2.05, 4.69) is 11.5 Å². The van der Waals surface area contributed by atoms with Crippen molar-refractivity contribution < 1.29 is 14.3 Å². The van der Waals surface area contributed by atoms with Crippen molar-refractivity contribution in [2.45, 2.75) is 0 Å². The molecule has 5 N–H and O–H groups in total. The number of para-hydroxylation sites is 1. The van der Waals surface area contributed by atoms with Gasteiger partial charge in [0.1, 0.15) is 5.58 Å². The van der Waals surface area contributed by atoms with Crippen molar-refractivity contribution in [3.63, 3.8) is 0 Å². The summed E-state index contributed by atoms with van der Waals surface area (Å²) in [5.41, 5.74) is 9.22. The fraction of sp³-hybridized carbons (Fsp3) is 0. The fourth-order valence-corrected chi connectivity index (χ4v) is 0.968. The van der Waals surface area contributed by atoms with Crippen LogP contribution in [-0.2, 0) is 0 Å². The SMILES string of the molecule is NC(N)=O.Oc1cc2ccccc2o1. The third kappa shape index (κ3) is 2.71. The molecule has 5 heteroatoms. The number of hydrogen-bond acceptors (Lipinski definition) is 3. The molecule has 1 aromatic carbocycles. The number of urea groups is 1. The summed E-state index contributed by atoms with van der Waals surface area (Å²) in [5, 5.41) is 9.82. The number of fused-ring (bicyclic) bond motifs is 1. The summed E-state index contributed by atoms with van der Waals surface area (Å²) in [6.07, 6.45) is 0. The van der Waals surface area contributed by atoms with Crippen LogP contribution >= 0.6 is 0 Å². The second-order valence-corrected chi connectivity index (χ2v) is 2.52. The molecule has 5 nitrogen and oxygen atoms in total. The van der Waals surface area contributed by atoms with Crippen LogP contribution in [0, 0.1) is 0 Å². The van der Waals surface area contributed by atoms with E-state index in [9.17, 15) is 0 Å². The molecule has 0 aliphatic heterocycles. The lowest BCUT2D eigenvalue weighted by atomic mass is 10.3. The topological polar surface area (TPSA) is 102 Å². The zero-order valence-electron chi connectivity index (χ0n) is 7.31. The van der Waals surface area contributed by atoms with Gasteiger partial charge in [0.25, 0.3) is 5.95 Å². The van der Waals surface area contributed by atoms with Gasteiger partial charge in [-0.25, -0.2) is 4.79 Å². The minimum Gasteiger partial charge on any atom is -0.481 e. The highest BCUT2D eigenvalue weighted by Gasteiger charge is 1.97. The molecule has 0 radical (unpaired) electrons. The molecule has 1 aromatic heterocycles. The first-order chi connectivity index (χ1) is 6.59. The number of benzene rings is 1. The Bertz CT molecular complexity index is 399. The first-order valence-corrected chi connectivity index (χ1v) is 3.82. The Morgan fingerprint density at radius 3 is 2.43 bits per heavy atom. The van der Waals surface area contributed by atoms with Crippen LogP contribution in [0.4, 0.5) is 4.79 Å². The van der Waals surface area contributed by atoms with Crippen LogP contribution in [-0.4, -0.2) is 11.1 Å². The molecule has 0 aliphatic carbocycles. The maximum absolute atomic E-state index is 9.00. The van der Waals surface area contributed by atoms with Crippen molar-refractivity contribution in [3.8, 4) is 5.95 Å². The van der Waals surface area contributed by atoms with Crippen molar-refractivity contribution in [2.75, 3.05) is 0 Å². The Morgan fingerprint density at radius 1 is 1.29 bits per heavy atom. The molecule has 2 aromatic rings. The second kappa shape index (κ2) is 4.18. The third-order valence-corrected chi connectivity index (χ3v) is 1.41. The smallest absolute Gasteiger partial charge is 0.309 e.